The maximum atomic E-state index is 14.0. The Morgan fingerprint density at radius 1 is 0.838 bits per heavy atom. The number of benzene rings is 1. The van der Waals surface area contributed by atoms with Gasteiger partial charge in [-0.3, -0.25) is 14.6 Å². The van der Waals surface area contributed by atoms with Gasteiger partial charge < -0.3 is 4.90 Å². The van der Waals surface area contributed by atoms with Crippen LogP contribution in [-0.4, -0.2) is 80.6 Å². The molecule has 4 bridgehead atoms. The summed E-state index contributed by atoms with van der Waals surface area (Å²) in [5, 5.41) is 1.14. The van der Waals surface area contributed by atoms with Crippen molar-refractivity contribution in [3.8, 4) is 0 Å². The van der Waals surface area contributed by atoms with E-state index in [1.165, 1.54) is 37.7 Å². The van der Waals surface area contributed by atoms with E-state index in [2.05, 4.69) is 55.0 Å². The number of likely N-dealkylation sites (tertiary alicyclic amines) is 1. The van der Waals surface area contributed by atoms with Crippen molar-refractivity contribution in [1.29, 1.82) is 0 Å². The molecule has 1 amide bonds. The summed E-state index contributed by atoms with van der Waals surface area (Å²) in [6.45, 7) is 5.59. The standard InChI is InChI=1S/C30H39N5OS/c36-29(34-11-9-33(10-12-34)28-24-14-22-13-23(16-24)17-25(28)15-22)27-18-26(37-30-31-7-4-8-32-30)20-35(27)19-21-5-2-1-3-6-21/h1-8,22-28H,9-20H2/t22?,23?,24?,25?,26-,27+,28?/m1/s1. The highest BCUT2D eigenvalue weighted by atomic mass is 32.2. The number of piperazine rings is 1. The summed E-state index contributed by atoms with van der Waals surface area (Å²) >= 11 is 1.72. The number of thioether (sulfide) groups is 1. The zero-order valence-electron chi connectivity index (χ0n) is 21.7. The third-order valence-electron chi connectivity index (χ3n) is 9.92. The highest BCUT2D eigenvalue weighted by Gasteiger charge is 2.50. The fourth-order valence-electron chi connectivity index (χ4n) is 8.64. The second-order valence-corrected chi connectivity index (χ2v) is 13.5. The van der Waals surface area contributed by atoms with Gasteiger partial charge in [0, 0.05) is 63.0 Å². The first-order chi connectivity index (χ1) is 18.2. The molecule has 6 fully saturated rings. The maximum absolute atomic E-state index is 14.0. The average molecular weight is 518 g/mol. The fourth-order valence-corrected chi connectivity index (χ4v) is 9.72. The molecule has 4 saturated carbocycles. The van der Waals surface area contributed by atoms with Crippen LogP contribution < -0.4 is 0 Å². The Balaban J connectivity index is 1.01. The van der Waals surface area contributed by atoms with Gasteiger partial charge in [-0.05, 0) is 73.8 Å². The van der Waals surface area contributed by atoms with Crippen LogP contribution in [0.4, 0.5) is 0 Å². The quantitative estimate of drug-likeness (QED) is 0.536. The second-order valence-electron chi connectivity index (χ2n) is 12.2. The highest BCUT2D eigenvalue weighted by molar-refractivity contribution is 7.99. The number of aromatic nitrogens is 2. The number of amides is 1. The molecule has 2 atom stereocenters. The van der Waals surface area contributed by atoms with Crippen molar-refractivity contribution in [2.45, 2.75) is 67.6 Å². The molecule has 2 aromatic rings. The van der Waals surface area contributed by atoms with Gasteiger partial charge in [0.25, 0.3) is 0 Å². The van der Waals surface area contributed by atoms with Gasteiger partial charge >= 0.3 is 0 Å². The average Bonchev–Trinajstić information content (AvgIpc) is 3.31. The van der Waals surface area contributed by atoms with E-state index in [0.717, 1.165) is 80.6 Å². The molecular weight excluding hydrogens is 478 g/mol. The Labute approximate surface area is 225 Å². The molecule has 2 saturated heterocycles. The number of nitrogens with zero attached hydrogens (tertiary/aromatic N) is 5. The molecule has 4 aliphatic carbocycles. The van der Waals surface area contributed by atoms with E-state index in [1.807, 2.05) is 6.07 Å². The SMILES string of the molecule is O=C([C@@H]1C[C@@H](Sc2ncccn2)CN1Cc1ccccc1)N1CCN(C2C3CC4CC(C3)CC2C4)CC1. The number of hydrogen-bond donors (Lipinski definition) is 0. The normalized spacial score (nSPS) is 35.8. The molecule has 0 radical (unpaired) electrons. The Kier molecular flexibility index (Phi) is 6.72. The Bertz CT molecular complexity index is 1050. The van der Waals surface area contributed by atoms with Crippen LogP contribution in [0.25, 0.3) is 0 Å². The summed E-state index contributed by atoms with van der Waals surface area (Å²) in [4.78, 5) is 30.2. The van der Waals surface area contributed by atoms with Crippen molar-refractivity contribution in [3.05, 3.63) is 54.4 Å². The molecule has 3 heterocycles. The largest absolute Gasteiger partial charge is 0.339 e. The Morgan fingerprint density at radius 3 is 2.19 bits per heavy atom. The smallest absolute Gasteiger partial charge is 0.240 e. The molecule has 196 valence electrons. The molecule has 2 aliphatic heterocycles. The van der Waals surface area contributed by atoms with E-state index in [9.17, 15) is 4.79 Å². The van der Waals surface area contributed by atoms with Crippen molar-refractivity contribution in [2.24, 2.45) is 23.7 Å². The minimum absolute atomic E-state index is 0.0610. The molecule has 1 aromatic heterocycles. The molecule has 1 aromatic carbocycles. The van der Waals surface area contributed by atoms with Gasteiger partial charge in [0.05, 0.1) is 6.04 Å². The van der Waals surface area contributed by atoms with Gasteiger partial charge in [0.2, 0.25) is 5.91 Å². The predicted octanol–water partition coefficient (Wildman–Crippen LogP) is 4.18. The highest BCUT2D eigenvalue weighted by Crippen LogP contribution is 2.55. The molecular formula is C30H39N5OS. The number of rotatable bonds is 6. The van der Waals surface area contributed by atoms with Gasteiger partial charge in [-0.2, -0.15) is 0 Å². The van der Waals surface area contributed by atoms with Gasteiger partial charge in [-0.1, -0.05) is 42.1 Å². The van der Waals surface area contributed by atoms with Crippen LogP contribution in [0, 0.1) is 23.7 Å². The van der Waals surface area contributed by atoms with Gasteiger partial charge in [0.15, 0.2) is 5.16 Å². The zero-order chi connectivity index (χ0) is 24.8. The zero-order valence-corrected chi connectivity index (χ0v) is 22.5. The monoisotopic (exact) mass is 517 g/mol. The van der Waals surface area contributed by atoms with E-state index in [-0.39, 0.29) is 6.04 Å². The number of carbonyl (C=O) groups is 1. The fraction of sp³-hybridized carbons (Fsp3) is 0.633. The van der Waals surface area contributed by atoms with Crippen molar-refractivity contribution >= 4 is 17.7 Å². The Hall–Kier alpha value is -1.96. The van der Waals surface area contributed by atoms with Crippen molar-refractivity contribution in [2.75, 3.05) is 32.7 Å². The molecule has 6 aliphatic rings. The second kappa shape index (κ2) is 10.3. The minimum Gasteiger partial charge on any atom is -0.339 e. The van der Waals surface area contributed by atoms with E-state index < -0.39 is 0 Å². The third-order valence-corrected chi connectivity index (χ3v) is 11.0. The lowest BCUT2D eigenvalue weighted by Gasteiger charge is -2.58. The first kappa shape index (κ1) is 24.1. The van der Waals surface area contributed by atoms with Crippen LogP contribution in [0.2, 0.25) is 0 Å². The molecule has 6 nitrogen and oxygen atoms in total. The molecule has 0 N–H and O–H groups in total. The van der Waals surface area contributed by atoms with Crippen LogP contribution in [0.15, 0.2) is 53.9 Å². The first-order valence-electron chi connectivity index (χ1n) is 14.4. The summed E-state index contributed by atoms with van der Waals surface area (Å²) in [6, 6.07) is 13.2. The number of hydrogen-bond acceptors (Lipinski definition) is 6. The van der Waals surface area contributed by atoms with E-state index in [1.54, 1.807) is 24.2 Å². The maximum Gasteiger partial charge on any atom is 0.240 e. The van der Waals surface area contributed by atoms with Crippen LogP contribution in [0.1, 0.15) is 44.1 Å². The van der Waals surface area contributed by atoms with Crippen LogP contribution in [0.3, 0.4) is 0 Å². The van der Waals surface area contributed by atoms with Gasteiger partial charge in [-0.25, -0.2) is 9.97 Å². The van der Waals surface area contributed by atoms with Crippen LogP contribution in [0.5, 0.6) is 0 Å². The molecule has 8 rings (SSSR count). The van der Waals surface area contributed by atoms with E-state index in [0.29, 0.717) is 11.2 Å². The summed E-state index contributed by atoms with van der Waals surface area (Å²) in [7, 11) is 0. The molecule has 7 heteroatoms. The van der Waals surface area contributed by atoms with Crippen molar-refractivity contribution < 1.29 is 4.79 Å². The van der Waals surface area contributed by atoms with E-state index in [4.69, 9.17) is 0 Å². The lowest BCUT2D eigenvalue weighted by molar-refractivity contribution is -0.140. The van der Waals surface area contributed by atoms with Crippen molar-refractivity contribution in [3.63, 3.8) is 0 Å². The van der Waals surface area contributed by atoms with Crippen LogP contribution in [-0.2, 0) is 11.3 Å². The molecule has 0 spiro atoms. The third kappa shape index (κ3) is 4.95. The van der Waals surface area contributed by atoms with E-state index >= 15 is 0 Å². The lowest BCUT2D eigenvalue weighted by Crippen LogP contribution is -2.61. The molecule has 0 unspecified atom stereocenters. The summed E-state index contributed by atoms with van der Waals surface area (Å²) in [5.74, 6) is 4.22. The first-order valence-corrected chi connectivity index (χ1v) is 15.3. The topological polar surface area (TPSA) is 52.6 Å². The lowest BCUT2D eigenvalue weighted by atomic mass is 9.54. The summed E-state index contributed by atoms with van der Waals surface area (Å²) in [6.07, 6.45) is 11.9. The predicted molar refractivity (Wildman–Crippen MR) is 146 cm³/mol. The van der Waals surface area contributed by atoms with Gasteiger partial charge in [0.1, 0.15) is 0 Å². The van der Waals surface area contributed by atoms with Crippen LogP contribution >= 0.6 is 11.8 Å². The van der Waals surface area contributed by atoms with Crippen molar-refractivity contribution in [1.82, 2.24) is 24.7 Å². The molecule has 37 heavy (non-hydrogen) atoms. The van der Waals surface area contributed by atoms with Gasteiger partial charge in [-0.15, -0.1) is 0 Å². The summed E-state index contributed by atoms with van der Waals surface area (Å²) in [5.41, 5.74) is 1.27. The minimum atomic E-state index is -0.0610. The number of carbonyl (C=O) groups excluding carboxylic acids is 1. The summed E-state index contributed by atoms with van der Waals surface area (Å²) < 4.78 is 0. The Morgan fingerprint density at radius 2 is 1.51 bits per heavy atom.